The topological polar surface area (TPSA) is 17.1 Å². The zero-order valence-corrected chi connectivity index (χ0v) is 13.2. The number of Topliss-reactive ketones (excluding diaryl/α,β-unsaturated/α-hetero) is 1. The fraction of sp³-hybridized carbons (Fsp3) is 0.278. The predicted octanol–water partition coefficient (Wildman–Crippen LogP) is 3.93. The summed E-state index contributed by atoms with van der Waals surface area (Å²) in [6, 6.07) is 16.4. The largest absolute Gasteiger partial charge is 0.289 e. The van der Waals surface area contributed by atoms with Crippen molar-refractivity contribution in [2.75, 3.05) is 12.0 Å². The van der Waals surface area contributed by atoms with Gasteiger partial charge in [-0.3, -0.25) is 4.79 Å². The van der Waals surface area contributed by atoms with Crippen LogP contribution >= 0.6 is 0 Å². The first-order valence-electron chi connectivity index (χ1n) is 6.80. The number of carbonyl (C=O) groups is 1. The Morgan fingerprint density at radius 1 is 1.00 bits per heavy atom. The van der Waals surface area contributed by atoms with Gasteiger partial charge < -0.3 is 0 Å². The monoisotopic (exact) mass is 285 g/mol. The molecule has 1 nitrogen and oxygen atoms in total. The van der Waals surface area contributed by atoms with Crippen LogP contribution in [0.3, 0.4) is 0 Å². The standard InChI is InChI=1S/C18H21OS/c1-14-9-10-17(11-15(14)2)18(19)13-20(3)12-16-7-5-4-6-8-16/h4-11H,12-13H2,1-3H3/q+1. The summed E-state index contributed by atoms with van der Waals surface area (Å²) in [4.78, 5) is 12.3. The molecule has 2 rings (SSSR count). The van der Waals surface area contributed by atoms with Gasteiger partial charge in [0.15, 0.2) is 5.75 Å². The van der Waals surface area contributed by atoms with Crippen LogP contribution in [0.1, 0.15) is 27.0 Å². The maximum Gasteiger partial charge on any atom is 0.211 e. The minimum atomic E-state index is 0.0869. The lowest BCUT2D eigenvalue weighted by molar-refractivity contribution is 0.102. The lowest BCUT2D eigenvalue weighted by Crippen LogP contribution is -2.17. The van der Waals surface area contributed by atoms with E-state index in [0.717, 1.165) is 11.3 Å². The molecule has 2 aromatic carbocycles. The highest BCUT2D eigenvalue weighted by molar-refractivity contribution is 7.96. The molecule has 0 saturated heterocycles. The Balaban J connectivity index is 1.98. The predicted molar refractivity (Wildman–Crippen MR) is 88.5 cm³/mol. The third kappa shape index (κ3) is 3.97. The molecule has 0 amide bonds. The molecule has 0 radical (unpaired) electrons. The van der Waals surface area contributed by atoms with E-state index in [-0.39, 0.29) is 16.7 Å². The number of carbonyl (C=O) groups excluding carboxylic acids is 1. The second-order valence-electron chi connectivity index (χ2n) is 5.28. The molecule has 2 aromatic rings. The average Bonchev–Trinajstić information content (AvgIpc) is 2.42. The number of hydrogen-bond donors (Lipinski definition) is 0. The second-order valence-corrected chi connectivity index (χ2v) is 7.42. The van der Waals surface area contributed by atoms with Crippen LogP contribution in [0.5, 0.6) is 0 Å². The summed E-state index contributed by atoms with van der Waals surface area (Å²) in [7, 11) is 0.0869. The first-order chi connectivity index (χ1) is 9.56. The van der Waals surface area contributed by atoms with Crippen molar-refractivity contribution in [3.63, 3.8) is 0 Å². The molecular formula is C18H21OS+. The molecule has 20 heavy (non-hydrogen) atoms. The zero-order chi connectivity index (χ0) is 14.5. The summed E-state index contributed by atoms with van der Waals surface area (Å²) in [5.74, 6) is 1.88. The van der Waals surface area contributed by atoms with Crippen molar-refractivity contribution in [1.29, 1.82) is 0 Å². The molecule has 104 valence electrons. The molecule has 0 N–H and O–H groups in total. The lowest BCUT2D eigenvalue weighted by atomic mass is 10.0. The summed E-state index contributed by atoms with van der Waals surface area (Å²) in [5.41, 5.74) is 4.59. The van der Waals surface area contributed by atoms with Gasteiger partial charge in [-0.05, 0) is 41.9 Å². The van der Waals surface area contributed by atoms with Crippen LogP contribution in [-0.2, 0) is 16.6 Å². The van der Waals surface area contributed by atoms with Crippen molar-refractivity contribution >= 4 is 16.7 Å². The molecule has 0 aliphatic carbocycles. The second kappa shape index (κ2) is 6.76. The summed E-state index contributed by atoms with van der Waals surface area (Å²) in [6.45, 7) is 4.13. The summed E-state index contributed by atoms with van der Waals surface area (Å²) < 4.78 is 0. The van der Waals surface area contributed by atoms with Crippen molar-refractivity contribution in [1.82, 2.24) is 0 Å². The molecule has 2 heteroatoms. The third-order valence-electron chi connectivity index (χ3n) is 3.46. The Hall–Kier alpha value is -1.54. The van der Waals surface area contributed by atoms with Crippen LogP contribution in [0, 0.1) is 13.8 Å². The Labute approximate surface area is 124 Å². The van der Waals surface area contributed by atoms with E-state index in [9.17, 15) is 4.79 Å². The van der Waals surface area contributed by atoms with E-state index in [1.54, 1.807) is 0 Å². The van der Waals surface area contributed by atoms with Crippen molar-refractivity contribution in [2.24, 2.45) is 0 Å². The van der Waals surface area contributed by atoms with Gasteiger partial charge >= 0.3 is 0 Å². The van der Waals surface area contributed by atoms with Gasteiger partial charge in [-0.15, -0.1) is 0 Å². The number of hydrogen-bond acceptors (Lipinski definition) is 1. The lowest BCUT2D eigenvalue weighted by Gasteiger charge is -2.06. The van der Waals surface area contributed by atoms with Gasteiger partial charge in [0, 0.05) is 11.1 Å². The van der Waals surface area contributed by atoms with E-state index < -0.39 is 0 Å². The average molecular weight is 285 g/mol. The molecule has 0 fully saturated rings. The van der Waals surface area contributed by atoms with Crippen molar-refractivity contribution in [3.05, 3.63) is 70.8 Å². The highest BCUT2D eigenvalue weighted by Crippen LogP contribution is 2.13. The number of benzene rings is 2. The van der Waals surface area contributed by atoms with Gasteiger partial charge in [-0.2, -0.15) is 0 Å². The number of ketones is 1. The van der Waals surface area contributed by atoms with Crippen molar-refractivity contribution in [2.45, 2.75) is 19.6 Å². The van der Waals surface area contributed by atoms with Gasteiger partial charge in [-0.25, -0.2) is 0 Å². The molecular weight excluding hydrogens is 264 g/mol. The van der Waals surface area contributed by atoms with Crippen LogP contribution in [0.2, 0.25) is 0 Å². The molecule has 0 aromatic heterocycles. The maximum absolute atomic E-state index is 12.3. The Kier molecular flexibility index (Phi) is 5.02. The maximum atomic E-state index is 12.3. The number of rotatable bonds is 5. The summed E-state index contributed by atoms with van der Waals surface area (Å²) in [6.07, 6.45) is 2.17. The van der Waals surface area contributed by atoms with Crippen LogP contribution in [0.25, 0.3) is 0 Å². The van der Waals surface area contributed by atoms with Crippen molar-refractivity contribution < 1.29 is 4.79 Å². The van der Waals surface area contributed by atoms with E-state index in [0.29, 0.717) is 5.75 Å². The van der Waals surface area contributed by atoms with Crippen molar-refractivity contribution in [3.8, 4) is 0 Å². The number of aryl methyl sites for hydroxylation is 2. The molecule has 0 spiro atoms. The molecule has 1 atom stereocenters. The molecule has 0 bridgehead atoms. The fourth-order valence-electron chi connectivity index (χ4n) is 2.13. The summed E-state index contributed by atoms with van der Waals surface area (Å²) in [5, 5.41) is 0. The van der Waals surface area contributed by atoms with Gasteiger partial charge in [0.1, 0.15) is 5.75 Å². The molecule has 0 aliphatic heterocycles. The Bertz CT molecular complexity index is 590. The molecule has 1 unspecified atom stereocenters. The first-order valence-corrected chi connectivity index (χ1v) is 8.77. The van der Waals surface area contributed by atoms with Crippen LogP contribution in [0.4, 0.5) is 0 Å². The van der Waals surface area contributed by atoms with Gasteiger partial charge in [-0.1, -0.05) is 42.5 Å². The Morgan fingerprint density at radius 3 is 2.35 bits per heavy atom. The molecule has 0 aliphatic rings. The minimum Gasteiger partial charge on any atom is -0.289 e. The van der Waals surface area contributed by atoms with E-state index in [2.05, 4.69) is 44.4 Å². The highest BCUT2D eigenvalue weighted by Gasteiger charge is 2.19. The van der Waals surface area contributed by atoms with Crippen LogP contribution in [0.15, 0.2) is 48.5 Å². The van der Waals surface area contributed by atoms with E-state index in [1.165, 1.54) is 16.7 Å². The third-order valence-corrected chi connectivity index (χ3v) is 5.04. The first kappa shape index (κ1) is 14.9. The molecule has 0 heterocycles. The van der Waals surface area contributed by atoms with Gasteiger partial charge in [0.2, 0.25) is 5.78 Å². The smallest absolute Gasteiger partial charge is 0.211 e. The van der Waals surface area contributed by atoms with Crippen LogP contribution < -0.4 is 0 Å². The highest BCUT2D eigenvalue weighted by atomic mass is 32.2. The van der Waals surface area contributed by atoms with Crippen LogP contribution in [-0.4, -0.2) is 17.8 Å². The minimum absolute atomic E-state index is 0.0869. The van der Waals surface area contributed by atoms with Gasteiger partial charge in [0.05, 0.1) is 6.26 Å². The zero-order valence-electron chi connectivity index (χ0n) is 12.3. The van der Waals surface area contributed by atoms with E-state index in [1.807, 2.05) is 24.3 Å². The SMILES string of the molecule is Cc1ccc(C(=O)C[S+](C)Cc2ccccc2)cc1C. The van der Waals surface area contributed by atoms with Gasteiger partial charge in [0.25, 0.3) is 0 Å². The fourth-order valence-corrected chi connectivity index (χ4v) is 3.61. The summed E-state index contributed by atoms with van der Waals surface area (Å²) >= 11 is 0. The quantitative estimate of drug-likeness (QED) is 0.601. The van der Waals surface area contributed by atoms with E-state index >= 15 is 0 Å². The Morgan fingerprint density at radius 2 is 1.70 bits per heavy atom. The van der Waals surface area contributed by atoms with E-state index in [4.69, 9.17) is 0 Å². The normalized spacial score (nSPS) is 12.2. The molecule has 0 saturated carbocycles.